The summed E-state index contributed by atoms with van der Waals surface area (Å²) in [5.41, 5.74) is -0.500. The Labute approximate surface area is 96.6 Å². The van der Waals surface area contributed by atoms with E-state index < -0.39 is 17.2 Å². The highest BCUT2D eigenvalue weighted by atomic mass is 19.4. The predicted molar refractivity (Wildman–Crippen MR) is 54.0 cm³/mol. The van der Waals surface area contributed by atoms with Gasteiger partial charge < -0.3 is 4.74 Å². The van der Waals surface area contributed by atoms with Crippen molar-refractivity contribution in [2.24, 2.45) is 5.41 Å². The first-order valence-corrected chi connectivity index (χ1v) is 5.10. The molecule has 0 aromatic heterocycles. The Morgan fingerprint density at radius 2 is 1.82 bits per heavy atom. The molecule has 0 bridgehead atoms. The van der Waals surface area contributed by atoms with E-state index in [1.54, 1.807) is 0 Å². The minimum absolute atomic E-state index is 0.352. The summed E-state index contributed by atoms with van der Waals surface area (Å²) in [4.78, 5) is 0. The number of rotatable bonds is 2. The molecule has 0 aliphatic carbocycles. The minimum atomic E-state index is -4.31. The van der Waals surface area contributed by atoms with Crippen LogP contribution in [0.25, 0.3) is 0 Å². The van der Waals surface area contributed by atoms with Crippen molar-refractivity contribution in [1.82, 2.24) is 0 Å². The molecule has 0 atom stereocenters. The normalized spacial score (nSPS) is 18.2. The van der Waals surface area contributed by atoms with Gasteiger partial charge in [0.15, 0.2) is 0 Å². The van der Waals surface area contributed by atoms with E-state index in [2.05, 4.69) is 6.07 Å². The molecule has 1 aliphatic heterocycles. The van der Waals surface area contributed by atoms with Gasteiger partial charge in [0.2, 0.25) is 0 Å². The lowest BCUT2D eigenvalue weighted by Gasteiger charge is -2.35. The van der Waals surface area contributed by atoms with Crippen molar-refractivity contribution >= 4 is 0 Å². The molecule has 2 rings (SSSR count). The van der Waals surface area contributed by atoms with Crippen LogP contribution in [-0.4, -0.2) is 13.2 Å². The van der Waals surface area contributed by atoms with Gasteiger partial charge in [-0.15, -0.1) is 0 Å². The van der Waals surface area contributed by atoms with Crippen LogP contribution in [0.15, 0.2) is 24.3 Å². The molecule has 17 heavy (non-hydrogen) atoms. The predicted octanol–water partition coefficient (Wildman–Crippen LogP) is 2.79. The number of nitriles is 1. The molecule has 0 saturated carbocycles. The average Bonchev–Trinajstić information content (AvgIpc) is 2.23. The molecule has 1 fully saturated rings. The van der Waals surface area contributed by atoms with Gasteiger partial charge in [-0.25, -0.2) is 0 Å². The second-order valence-corrected chi connectivity index (χ2v) is 4.26. The van der Waals surface area contributed by atoms with Crippen LogP contribution in [0.1, 0.15) is 11.1 Å². The fraction of sp³-hybridized carbons (Fsp3) is 0.417. The number of benzene rings is 1. The van der Waals surface area contributed by atoms with Crippen molar-refractivity contribution in [2.75, 3.05) is 13.2 Å². The van der Waals surface area contributed by atoms with Gasteiger partial charge in [0.1, 0.15) is 5.41 Å². The second kappa shape index (κ2) is 4.04. The van der Waals surface area contributed by atoms with E-state index in [-0.39, 0.29) is 0 Å². The molecule has 5 heteroatoms. The van der Waals surface area contributed by atoms with Gasteiger partial charge in [-0.3, -0.25) is 0 Å². The van der Waals surface area contributed by atoms with Gasteiger partial charge in [0.05, 0.1) is 24.8 Å². The van der Waals surface area contributed by atoms with Crippen LogP contribution in [-0.2, 0) is 17.3 Å². The summed E-state index contributed by atoms with van der Waals surface area (Å²) in [6.07, 6.45) is -3.88. The van der Waals surface area contributed by atoms with Crippen molar-refractivity contribution in [3.63, 3.8) is 0 Å². The monoisotopic (exact) mass is 241 g/mol. The highest BCUT2D eigenvalue weighted by Gasteiger charge is 2.39. The maximum absolute atomic E-state index is 12.3. The zero-order chi connectivity index (χ0) is 12.5. The van der Waals surface area contributed by atoms with E-state index in [9.17, 15) is 13.2 Å². The molecule has 1 aliphatic rings. The summed E-state index contributed by atoms with van der Waals surface area (Å²) in [6, 6.07) is 7.08. The van der Waals surface area contributed by atoms with E-state index in [1.807, 2.05) is 0 Å². The van der Waals surface area contributed by atoms with Crippen LogP contribution < -0.4 is 0 Å². The zero-order valence-corrected chi connectivity index (χ0v) is 8.92. The van der Waals surface area contributed by atoms with Crippen LogP contribution in [0.4, 0.5) is 13.2 Å². The fourth-order valence-corrected chi connectivity index (χ4v) is 1.76. The Bertz CT molecular complexity index is 440. The Morgan fingerprint density at radius 3 is 2.18 bits per heavy atom. The van der Waals surface area contributed by atoms with Crippen LogP contribution >= 0.6 is 0 Å². The lowest BCUT2D eigenvalue weighted by molar-refractivity contribution is -0.137. The maximum Gasteiger partial charge on any atom is 0.416 e. The van der Waals surface area contributed by atoms with Crippen LogP contribution in [0, 0.1) is 16.7 Å². The van der Waals surface area contributed by atoms with Crippen molar-refractivity contribution in [3.05, 3.63) is 35.4 Å². The molecule has 2 nitrogen and oxygen atoms in total. The summed E-state index contributed by atoms with van der Waals surface area (Å²) in [7, 11) is 0. The largest absolute Gasteiger partial charge is 0.416 e. The number of nitrogens with zero attached hydrogens (tertiary/aromatic N) is 1. The molecule has 0 spiro atoms. The molecule has 90 valence electrons. The Hall–Kier alpha value is -1.54. The number of ether oxygens (including phenoxy) is 1. The number of hydrogen-bond donors (Lipinski definition) is 0. The van der Waals surface area contributed by atoms with Gasteiger partial charge >= 0.3 is 6.18 Å². The number of halogens is 3. The lowest BCUT2D eigenvalue weighted by atomic mass is 9.81. The summed E-state index contributed by atoms with van der Waals surface area (Å²) in [5.74, 6) is 0. The molecular weight excluding hydrogens is 231 g/mol. The Kier molecular flexibility index (Phi) is 2.84. The number of alkyl halides is 3. The zero-order valence-electron chi connectivity index (χ0n) is 8.92. The smallest absolute Gasteiger partial charge is 0.378 e. The average molecular weight is 241 g/mol. The van der Waals surface area contributed by atoms with Crippen molar-refractivity contribution in [1.29, 1.82) is 5.26 Å². The topological polar surface area (TPSA) is 33.0 Å². The van der Waals surface area contributed by atoms with Gasteiger partial charge in [0, 0.05) is 0 Å². The van der Waals surface area contributed by atoms with Gasteiger partial charge in [-0.2, -0.15) is 18.4 Å². The van der Waals surface area contributed by atoms with Crippen molar-refractivity contribution < 1.29 is 17.9 Å². The standard InChI is InChI=1S/C12H10F3NO/c13-12(14,15)10-3-1-9(2-4-10)5-11(6-16)7-17-8-11/h1-4H,5,7-8H2. The summed E-state index contributed by atoms with van der Waals surface area (Å²) >= 11 is 0. The maximum atomic E-state index is 12.3. The van der Waals surface area contributed by atoms with E-state index in [0.717, 1.165) is 17.7 Å². The van der Waals surface area contributed by atoms with Crippen LogP contribution in [0.2, 0.25) is 0 Å². The van der Waals surface area contributed by atoms with E-state index in [4.69, 9.17) is 10.00 Å². The molecular formula is C12H10F3NO. The third kappa shape index (κ3) is 2.42. The van der Waals surface area contributed by atoms with Crippen LogP contribution in [0.3, 0.4) is 0 Å². The van der Waals surface area contributed by atoms with Gasteiger partial charge in [0.25, 0.3) is 0 Å². The first-order valence-electron chi connectivity index (χ1n) is 5.10. The molecule has 1 aromatic rings. The molecule has 0 N–H and O–H groups in total. The SMILES string of the molecule is N#CC1(Cc2ccc(C(F)(F)F)cc2)COC1. The molecule has 1 saturated heterocycles. The fourth-order valence-electron chi connectivity index (χ4n) is 1.76. The first-order chi connectivity index (χ1) is 7.95. The van der Waals surface area contributed by atoms with E-state index in [1.165, 1.54) is 12.1 Å². The van der Waals surface area contributed by atoms with Crippen molar-refractivity contribution in [3.8, 4) is 6.07 Å². The molecule has 1 aromatic carbocycles. The van der Waals surface area contributed by atoms with Crippen LogP contribution in [0.5, 0.6) is 0 Å². The summed E-state index contributed by atoms with van der Waals surface area (Å²) in [5, 5.41) is 8.97. The highest BCUT2D eigenvalue weighted by molar-refractivity contribution is 5.27. The Balaban J connectivity index is 2.12. The third-order valence-electron chi connectivity index (χ3n) is 2.82. The summed E-state index contributed by atoms with van der Waals surface area (Å²) < 4.78 is 42.0. The third-order valence-corrected chi connectivity index (χ3v) is 2.82. The van der Waals surface area contributed by atoms with Gasteiger partial charge in [-0.05, 0) is 24.1 Å². The lowest BCUT2D eigenvalue weighted by Crippen LogP contribution is -2.43. The van der Waals surface area contributed by atoms with E-state index >= 15 is 0 Å². The van der Waals surface area contributed by atoms with Crippen molar-refractivity contribution in [2.45, 2.75) is 12.6 Å². The molecule has 1 heterocycles. The summed E-state index contributed by atoms with van der Waals surface area (Å²) in [6.45, 7) is 0.703. The molecule has 0 radical (unpaired) electrons. The molecule has 0 unspecified atom stereocenters. The van der Waals surface area contributed by atoms with E-state index in [0.29, 0.717) is 19.6 Å². The van der Waals surface area contributed by atoms with Gasteiger partial charge in [-0.1, -0.05) is 12.1 Å². The number of hydrogen-bond acceptors (Lipinski definition) is 2. The second-order valence-electron chi connectivity index (χ2n) is 4.26. The minimum Gasteiger partial charge on any atom is -0.378 e. The highest BCUT2D eigenvalue weighted by Crippen LogP contribution is 2.33. The first kappa shape index (κ1) is 11.9. The quantitative estimate of drug-likeness (QED) is 0.797. The molecule has 0 amide bonds. The Morgan fingerprint density at radius 1 is 1.24 bits per heavy atom.